The van der Waals surface area contributed by atoms with E-state index in [0.717, 1.165) is 25.3 Å². The summed E-state index contributed by atoms with van der Waals surface area (Å²) in [4.78, 5) is -0.0860. The van der Waals surface area contributed by atoms with Crippen LogP contribution in [-0.4, -0.2) is 15.0 Å². The molecule has 1 saturated carbocycles. The first-order valence-corrected chi connectivity index (χ1v) is 7.35. The molecule has 0 unspecified atom stereocenters. The number of nitrogen functional groups attached to an aromatic ring is 1. The van der Waals surface area contributed by atoms with E-state index in [4.69, 9.17) is 5.73 Å². The molecule has 0 atom stereocenters. The van der Waals surface area contributed by atoms with Crippen LogP contribution in [0.4, 0.5) is 10.1 Å². The summed E-state index contributed by atoms with van der Waals surface area (Å²) in [5.74, 6) is -0.715. The number of benzene rings is 1. The van der Waals surface area contributed by atoms with Crippen LogP contribution in [0.25, 0.3) is 0 Å². The molecule has 3 N–H and O–H groups in total. The van der Waals surface area contributed by atoms with Crippen molar-refractivity contribution in [3.63, 3.8) is 0 Å². The number of nitrogens with one attached hydrogen (secondary N) is 1. The summed E-state index contributed by atoms with van der Waals surface area (Å²) in [7, 11) is -3.65. The predicted octanol–water partition coefficient (Wildman–Crippen LogP) is 1.88. The topological polar surface area (TPSA) is 72.2 Å². The van der Waals surface area contributed by atoms with Crippen molar-refractivity contribution >= 4 is 15.7 Å². The van der Waals surface area contributed by atoms with Crippen molar-refractivity contribution < 1.29 is 12.8 Å². The Kier molecular flexibility index (Phi) is 3.33. The summed E-state index contributed by atoms with van der Waals surface area (Å²) in [6.45, 7) is 2.43. The molecule has 18 heavy (non-hydrogen) atoms. The second-order valence-corrected chi connectivity index (χ2v) is 6.94. The number of nitrogens with two attached hydrogens (primary N) is 1. The molecular formula is C12H17FN2O2S. The lowest BCUT2D eigenvalue weighted by molar-refractivity contribution is 0.166. The fraction of sp³-hybridized carbons (Fsp3) is 0.500. The van der Waals surface area contributed by atoms with Gasteiger partial charge in [0.2, 0.25) is 10.0 Å². The van der Waals surface area contributed by atoms with E-state index in [2.05, 4.69) is 4.72 Å². The molecule has 6 heteroatoms. The Morgan fingerprint density at radius 3 is 2.61 bits per heavy atom. The van der Waals surface area contributed by atoms with Gasteiger partial charge in [-0.05, 0) is 36.5 Å². The van der Waals surface area contributed by atoms with Crippen LogP contribution < -0.4 is 10.5 Å². The lowest BCUT2D eigenvalue weighted by Crippen LogP contribution is -2.39. The van der Waals surface area contributed by atoms with Gasteiger partial charge >= 0.3 is 0 Å². The second kappa shape index (κ2) is 4.51. The van der Waals surface area contributed by atoms with Crippen molar-refractivity contribution in [2.24, 2.45) is 5.41 Å². The maximum absolute atomic E-state index is 13.2. The Bertz CT molecular complexity index is 553. The number of anilines is 1. The number of rotatable bonds is 4. The highest BCUT2D eigenvalue weighted by Crippen LogP contribution is 2.39. The summed E-state index contributed by atoms with van der Waals surface area (Å²) >= 11 is 0. The van der Waals surface area contributed by atoms with Crippen LogP contribution in [0.1, 0.15) is 26.2 Å². The highest BCUT2D eigenvalue weighted by Gasteiger charge is 2.33. The lowest BCUT2D eigenvalue weighted by Gasteiger charge is -2.38. The van der Waals surface area contributed by atoms with E-state index in [0.29, 0.717) is 6.54 Å². The Balaban J connectivity index is 2.12. The van der Waals surface area contributed by atoms with Crippen molar-refractivity contribution in [2.75, 3.05) is 12.3 Å². The zero-order valence-corrected chi connectivity index (χ0v) is 11.1. The first-order valence-electron chi connectivity index (χ1n) is 5.87. The van der Waals surface area contributed by atoms with Gasteiger partial charge in [0.05, 0.1) is 10.6 Å². The Morgan fingerprint density at radius 1 is 1.44 bits per heavy atom. The molecule has 0 saturated heterocycles. The quantitative estimate of drug-likeness (QED) is 0.822. The molecule has 100 valence electrons. The summed E-state index contributed by atoms with van der Waals surface area (Å²) < 4.78 is 39.7. The first-order chi connectivity index (χ1) is 8.32. The SMILES string of the molecule is CC1(CNS(=O)(=O)c2ccc(N)c(F)c2)CCC1. The van der Waals surface area contributed by atoms with Crippen molar-refractivity contribution in [3.8, 4) is 0 Å². The van der Waals surface area contributed by atoms with Gasteiger partial charge in [0.15, 0.2) is 0 Å². The molecule has 1 aliphatic carbocycles. The highest BCUT2D eigenvalue weighted by molar-refractivity contribution is 7.89. The minimum atomic E-state index is -3.65. The van der Waals surface area contributed by atoms with Crippen LogP contribution in [-0.2, 0) is 10.0 Å². The molecule has 1 aromatic carbocycles. The van der Waals surface area contributed by atoms with Gasteiger partial charge in [-0.2, -0.15) is 0 Å². The third-order valence-electron chi connectivity index (χ3n) is 3.53. The highest BCUT2D eigenvalue weighted by atomic mass is 32.2. The van der Waals surface area contributed by atoms with Crippen molar-refractivity contribution in [3.05, 3.63) is 24.0 Å². The zero-order chi connectivity index (χ0) is 13.4. The van der Waals surface area contributed by atoms with Crippen LogP contribution in [0.2, 0.25) is 0 Å². The molecule has 0 spiro atoms. The molecule has 1 fully saturated rings. The summed E-state index contributed by atoms with van der Waals surface area (Å²) in [6, 6.07) is 3.51. The summed E-state index contributed by atoms with van der Waals surface area (Å²) in [5.41, 5.74) is 5.30. The maximum atomic E-state index is 13.2. The first kappa shape index (κ1) is 13.3. The van der Waals surface area contributed by atoms with Crippen molar-refractivity contribution in [1.29, 1.82) is 0 Å². The van der Waals surface area contributed by atoms with Gasteiger partial charge in [0.25, 0.3) is 0 Å². The standard InChI is InChI=1S/C12H17FN2O2S/c1-12(5-2-6-12)8-15-18(16,17)9-3-4-11(14)10(13)7-9/h3-4,7,15H,2,5-6,8,14H2,1H3. The van der Waals surface area contributed by atoms with Crippen LogP contribution >= 0.6 is 0 Å². The number of hydrogen-bond donors (Lipinski definition) is 2. The molecule has 0 amide bonds. The molecule has 0 heterocycles. The van der Waals surface area contributed by atoms with E-state index in [9.17, 15) is 12.8 Å². The van der Waals surface area contributed by atoms with Crippen LogP contribution in [0.5, 0.6) is 0 Å². The van der Waals surface area contributed by atoms with Crippen LogP contribution in [0.15, 0.2) is 23.1 Å². The minimum Gasteiger partial charge on any atom is -0.396 e. The summed E-state index contributed by atoms with van der Waals surface area (Å²) in [6.07, 6.45) is 3.17. The van der Waals surface area contributed by atoms with Gasteiger partial charge in [-0.15, -0.1) is 0 Å². The average molecular weight is 272 g/mol. The number of halogens is 1. The molecule has 4 nitrogen and oxygen atoms in total. The minimum absolute atomic E-state index is 0.0411. The van der Waals surface area contributed by atoms with E-state index in [-0.39, 0.29) is 16.0 Å². The molecule has 1 aromatic rings. The largest absolute Gasteiger partial charge is 0.396 e. The summed E-state index contributed by atoms with van der Waals surface area (Å²) in [5, 5.41) is 0. The third kappa shape index (κ3) is 2.64. The molecule has 2 rings (SSSR count). The van der Waals surface area contributed by atoms with E-state index < -0.39 is 15.8 Å². The van der Waals surface area contributed by atoms with Gasteiger partial charge in [-0.1, -0.05) is 13.3 Å². The second-order valence-electron chi connectivity index (χ2n) is 5.17. The van der Waals surface area contributed by atoms with Gasteiger partial charge in [-0.25, -0.2) is 17.5 Å². The number of sulfonamides is 1. The molecule has 1 aliphatic rings. The maximum Gasteiger partial charge on any atom is 0.240 e. The van der Waals surface area contributed by atoms with Crippen molar-refractivity contribution in [1.82, 2.24) is 4.72 Å². The Morgan fingerprint density at radius 2 is 2.11 bits per heavy atom. The molecule has 0 bridgehead atoms. The van der Waals surface area contributed by atoms with Crippen LogP contribution in [0.3, 0.4) is 0 Å². The van der Waals surface area contributed by atoms with Gasteiger partial charge in [0.1, 0.15) is 5.82 Å². The fourth-order valence-corrected chi connectivity index (χ4v) is 3.20. The zero-order valence-electron chi connectivity index (χ0n) is 10.2. The molecule has 0 aliphatic heterocycles. The van der Waals surface area contributed by atoms with Gasteiger partial charge in [0, 0.05) is 6.54 Å². The van der Waals surface area contributed by atoms with E-state index in [1.165, 1.54) is 12.1 Å². The molecule has 0 aromatic heterocycles. The lowest BCUT2D eigenvalue weighted by atomic mass is 9.71. The van der Waals surface area contributed by atoms with Crippen molar-refractivity contribution in [2.45, 2.75) is 31.1 Å². The average Bonchev–Trinajstić information content (AvgIpc) is 2.27. The smallest absolute Gasteiger partial charge is 0.240 e. The van der Waals surface area contributed by atoms with E-state index in [1.54, 1.807) is 0 Å². The Labute approximate surface area is 106 Å². The van der Waals surface area contributed by atoms with Crippen LogP contribution in [0, 0.1) is 11.2 Å². The Hall–Kier alpha value is -1.14. The predicted molar refractivity (Wildman–Crippen MR) is 68.0 cm³/mol. The van der Waals surface area contributed by atoms with E-state index >= 15 is 0 Å². The normalized spacial score (nSPS) is 18.3. The number of hydrogen-bond acceptors (Lipinski definition) is 3. The molecular weight excluding hydrogens is 255 g/mol. The van der Waals surface area contributed by atoms with Gasteiger partial charge < -0.3 is 5.73 Å². The fourth-order valence-electron chi connectivity index (χ4n) is 1.98. The van der Waals surface area contributed by atoms with E-state index in [1.807, 2.05) is 6.92 Å². The molecule has 0 radical (unpaired) electrons. The monoisotopic (exact) mass is 272 g/mol. The van der Waals surface area contributed by atoms with Gasteiger partial charge in [-0.3, -0.25) is 0 Å². The third-order valence-corrected chi connectivity index (χ3v) is 4.93.